The summed E-state index contributed by atoms with van der Waals surface area (Å²) in [5.74, 6) is 0.240. The number of Topliss-reactive ketones (excluding diaryl/α,β-unsaturated/α-hetero) is 1. The van der Waals surface area contributed by atoms with E-state index in [2.05, 4.69) is 21.9 Å². The van der Waals surface area contributed by atoms with Gasteiger partial charge in [-0.25, -0.2) is 4.79 Å². The summed E-state index contributed by atoms with van der Waals surface area (Å²) in [6.45, 7) is 2.19. The molecule has 0 saturated carbocycles. The highest BCUT2D eigenvalue weighted by Gasteiger charge is 2.40. The quantitative estimate of drug-likeness (QED) is 0.586. The Hall–Kier alpha value is -2.56. The maximum absolute atomic E-state index is 11.9. The number of benzene rings is 1. The summed E-state index contributed by atoms with van der Waals surface area (Å²) < 4.78 is 5.48. The van der Waals surface area contributed by atoms with Crippen molar-refractivity contribution >= 4 is 23.1 Å². The molecule has 1 aromatic rings. The van der Waals surface area contributed by atoms with Crippen LogP contribution in [0.15, 0.2) is 47.3 Å². The smallest absolute Gasteiger partial charge is 0.342 e. The van der Waals surface area contributed by atoms with Crippen LogP contribution in [0.4, 0.5) is 11.4 Å². The number of hydrogen-bond acceptors (Lipinski definition) is 5. The maximum atomic E-state index is 11.9. The zero-order chi connectivity index (χ0) is 15.4. The summed E-state index contributed by atoms with van der Waals surface area (Å²) in [5.41, 5.74) is 3.32. The van der Waals surface area contributed by atoms with Gasteiger partial charge < -0.3 is 14.5 Å². The van der Waals surface area contributed by atoms with Crippen molar-refractivity contribution in [1.82, 2.24) is 0 Å². The Bertz CT molecular complexity index is 763. The molecular weight excluding hydrogens is 280 g/mol. The average Bonchev–Trinajstić information content (AvgIpc) is 2.80. The Morgan fingerprint density at radius 3 is 2.73 bits per heavy atom. The highest BCUT2D eigenvalue weighted by Crippen LogP contribution is 2.45. The fourth-order valence-electron chi connectivity index (χ4n) is 3.44. The highest BCUT2D eigenvalue weighted by molar-refractivity contribution is 6.17. The SMILES string of the molecule is CC(=O)C1=CC2=C3N(C)c4ccccc4N3CCC2OC1=O. The van der Waals surface area contributed by atoms with Crippen molar-refractivity contribution in [2.45, 2.75) is 19.4 Å². The first-order valence-corrected chi connectivity index (χ1v) is 7.36. The van der Waals surface area contributed by atoms with Crippen molar-refractivity contribution in [3.05, 3.63) is 47.3 Å². The van der Waals surface area contributed by atoms with Crippen LogP contribution in [0.5, 0.6) is 0 Å². The molecule has 0 bridgehead atoms. The zero-order valence-corrected chi connectivity index (χ0v) is 12.5. The predicted octanol–water partition coefficient (Wildman–Crippen LogP) is 2.00. The van der Waals surface area contributed by atoms with E-state index in [4.69, 9.17) is 4.74 Å². The van der Waals surface area contributed by atoms with E-state index in [9.17, 15) is 9.59 Å². The number of ketones is 1. The third kappa shape index (κ3) is 1.65. The molecule has 0 spiro atoms. The molecule has 3 aliphatic rings. The molecule has 0 radical (unpaired) electrons. The summed E-state index contributed by atoms with van der Waals surface area (Å²) in [5, 5.41) is 0. The van der Waals surface area contributed by atoms with Gasteiger partial charge in [0, 0.05) is 25.6 Å². The third-order valence-electron chi connectivity index (χ3n) is 4.48. The second-order valence-corrected chi connectivity index (χ2v) is 5.78. The van der Waals surface area contributed by atoms with Crippen LogP contribution in [0.3, 0.4) is 0 Å². The number of nitrogens with zero attached hydrogens (tertiary/aromatic N) is 2. The summed E-state index contributed by atoms with van der Waals surface area (Å²) in [6, 6.07) is 8.18. The van der Waals surface area contributed by atoms with Crippen LogP contribution in [0.2, 0.25) is 0 Å². The Kier molecular flexibility index (Phi) is 2.66. The topological polar surface area (TPSA) is 49.9 Å². The van der Waals surface area contributed by atoms with Gasteiger partial charge in [0.25, 0.3) is 0 Å². The van der Waals surface area contributed by atoms with Gasteiger partial charge >= 0.3 is 5.97 Å². The fraction of sp³-hybridized carbons (Fsp3) is 0.294. The van der Waals surface area contributed by atoms with E-state index in [0.29, 0.717) is 0 Å². The van der Waals surface area contributed by atoms with Gasteiger partial charge in [-0.3, -0.25) is 4.79 Å². The number of rotatable bonds is 1. The van der Waals surface area contributed by atoms with Crippen LogP contribution in [0, 0.1) is 0 Å². The lowest BCUT2D eigenvalue weighted by Crippen LogP contribution is -2.41. The molecule has 4 rings (SSSR count). The number of hydrogen-bond donors (Lipinski definition) is 0. The van der Waals surface area contributed by atoms with Crippen molar-refractivity contribution in [3.8, 4) is 0 Å². The Morgan fingerprint density at radius 2 is 2.00 bits per heavy atom. The molecule has 112 valence electrons. The molecule has 0 aromatic heterocycles. The Morgan fingerprint density at radius 1 is 1.27 bits per heavy atom. The highest BCUT2D eigenvalue weighted by atomic mass is 16.5. The maximum Gasteiger partial charge on any atom is 0.342 e. The molecule has 5 nitrogen and oxygen atoms in total. The molecule has 3 heterocycles. The van der Waals surface area contributed by atoms with E-state index in [1.807, 2.05) is 19.2 Å². The number of carbonyl (C=O) groups is 2. The minimum absolute atomic E-state index is 0.130. The Balaban J connectivity index is 1.91. The van der Waals surface area contributed by atoms with E-state index in [-0.39, 0.29) is 17.5 Å². The summed E-state index contributed by atoms with van der Waals surface area (Å²) in [7, 11) is 2.00. The second-order valence-electron chi connectivity index (χ2n) is 5.78. The normalized spacial score (nSPS) is 22.7. The van der Waals surface area contributed by atoms with Crippen molar-refractivity contribution in [2.75, 3.05) is 23.4 Å². The van der Waals surface area contributed by atoms with Crippen molar-refractivity contribution in [2.24, 2.45) is 0 Å². The standard InChI is InChI=1S/C17H16N2O3/c1-10(20)11-9-12-15(22-17(11)21)7-8-19-14-6-4-3-5-13(14)18(2)16(12)19/h3-6,9,15H,7-8H2,1-2H3. The molecule has 0 amide bonds. The molecule has 1 unspecified atom stereocenters. The summed E-state index contributed by atoms with van der Waals surface area (Å²) >= 11 is 0. The molecule has 1 atom stereocenters. The van der Waals surface area contributed by atoms with Crippen LogP contribution in [0.1, 0.15) is 13.3 Å². The van der Waals surface area contributed by atoms with Crippen molar-refractivity contribution in [3.63, 3.8) is 0 Å². The van der Waals surface area contributed by atoms with Crippen LogP contribution < -0.4 is 9.80 Å². The minimum atomic E-state index is -0.506. The molecule has 0 fully saturated rings. The summed E-state index contributed by atoms with van der Waals surface area (Å²) in [6.07, 6.45) is 2.18. The van der Waals surface area contributed by atoms with Gasteiger partial charge in [-0.05, 0) is 25.1 Å². The van der Waals surface area contributed by atoms with E-state index < -0.39 is 5.97 Å². The Labute approximate surface area is 128 Å². The van der Waals surface area contributed by atoms with E-state index in [0.717, 1.165) is 35.7 Å². The van der Waals surface area contributed by atoms with Crippen LogP contribution in [0.25, 0.3) is 0 Å². The van der Waals surface area contributed by atoms with Gasteiger partial charge in [0.1, 0.15) is 17.5 Å². The summed E-state index contributed by atoms with van der Waals surface area (Å²) in [4.78, 5) is 27.9. The third-order valence-corrected chi connectivity index (χ3v) is 4.48. The molecular formula is C17H16N2O3. The first-order chi connectivity index (χ1) is 10.6. The van der Waals surface area contributed by atoms with Gasteiger partial charge in [-0.2, -0.15) is 0 Å². The number of esters is 1. The molecule has 0 N–H and O–H groups in total. The number of fused-ring (bicyclic) bond motifs is 4. The first kappa shape index (κ1) is 13.1. The lowest BCUT2D eigenvalue weighted by atomic mass is 9.95. The fourth-order valence-corrected chi connectivity index (χ4v) is 3.44. The van der Waals surface area contributed by atoms with Gasteiger partial charge in [-0.15, -0.1) is 0 Å². The van der Waals surface area contributed by atoms with Gasteiger partial charge in [-0.1, -0.05) is 12.1 Å². The van der Waals surface area contributed by atoms with Gasteiger partial charge in [0.2, 0.25) is 0 Å². The number of ether oxygens (including phenoxy) is 1. The number of carbonyl (C=O) groups excluding carboxylic acids is 2. The van der Waals surface area contributed by atoms with Gasteiger partial charge in [0.05, 0.1) is 11.4 Å². The molecule has 3 aliphatic heterocycles. The van der Waals surface area contributed by atoms with Crippen LogP contribution in [-0.2, 0) is 14.3 Å². The average molecular weight is 296 g/mol. The largest absolute Gasteiger partial charge is 0.454 e. The van der Waals surface area contributed by atoms with Crippen molar-refractivity contribution < 1.29 is 14.3 Å². The van der Waals surface area contributed by atoms with Crippen LogP contribution in [-0.4, -0.2) is 31.4 Å². The van der Waals surface area contributed by atoms with E-state index in [1.54, 1.807) is 6.08 Å². The van der Waals surface area contributed by atoms with Crippen LogP contribution >= 0.6 is 0 Å². The molecule has 5 heteroatoms. The first-order valence-electron chi connectivity index (χ1n) is 7.36. The van der Waals surface area contributed by atoms with E-state index >= 15 is 0 Å². The minimum Gasteiger partial charge on any atom is -0.454 e. The lowest BCUT2D eigenvalue weighted by molar-refractivity contribution is -0.144. The molecule has 1 aromatic carbocycles. The van der Waals surface area contributed by atoms with Crippen molar-refractivity contribution in [1.29, 1.82) is 0 Å². The second kappa shape index (κ2) is 4.47. The molecule has 0 saturated heterocycles. The number of para-hydroxylation sites is 2. The lowest BCUT2D eigenvalue weighted by Gasteiger charge is -2.36. The zero-order valence-electron chi connectivity index (χ0n) is 12.5. The monoisotopic (exact) mass is 296 g/mol. The van der Waals surface area contributed by atoms with E-state index in [1.165, 1.54) is 6.92 Å². The molecule has 22 heavy (non-hydrogen) atoms. The predicted molar refractivity (Wildman–Crippen MR) is 82.5 cm³/mol. The number of anilines is 2. The van der Waals surface area contributed by atoms with Gasteiger partial charge in [0.15, 0.2) is 5.78 Å². The molecule has 0 aliphatic carbocycles.